The zero-order chi connectivity index (χ0) is 14.5. The maximum absolute atomic E-state index is 13.2. The Bertz CT molecular complexity index is 513. The summed E-state index contributed by atoms with van der Waals surface area (Å²) in [6.45, 7) is 2.73. The summed E-state index contributed by atoms with van der Waals surface area (Å²) in [6, 6.07) is 3.53. The fourth-order valence-electron chi connectivity index (χ4n) is 2.26. The van der Waals surface area contributed by atoms with Crippen LogP contribution >= 0.6 is 0 Å². The van der Waals surface area contributed by atoms with E-state index in [2.05, 4.69) is 10.2 Å². The van der Waals surface area contributed by atoms with Crippen molar-refractivity contribution in [2.45, 2.75) is 19.3 Å². The van der Waals surface area contributed by atoms with Crippen molar-refractivity contribution in [3.8, 4) is 0 Å². The van der Waals surface area contributed by atoms with E-state index >= 15 is 0 Å². The number of hydrogen-bond donors (Lipinski definition) is 2. The van der Waals surface area contributed by atoms with Crippen LogP contribution in [0.2, 0.25) is 0 Å². The summed E-state index contributed by atoms with van der Waals surface area (Å²) >= 11 is 0. The average Bonchev–Trinajstić information content (AvgIpc) is 2.91. The Kier molecular flexibility index (Phi) is 4.68. The van der Waals surface area contributed by atoms with Crippen molar-refractivity contribution < 1.29 is 19.1 Å². The third kappa shape index (κ3) is 3.77. The van der Waals surface area contributed by atoms with E-state index in [1.807, 2.05) is 0 Å². The fourth-order valence-corrected chi connectivity index (χ4v) is 2.26. The summed E-state index contributed by atoms with van der Waals surface area (Å²) in [7, 11) is 0. The number of likely N-dealkylation sites (tertiary alicyclic amines) is 1. The molecule has 0 bridgehead atoms. The summed E-state index contributed by atoms with van der Waals surface area (Å²) < 4.78 is 13.2. The molecule has 0 spiro atoms. The first-order valence-corrected chi connectivity index (χ1v) is 6.61. The molecule has 1 fully saturated rings. The van der Waals surface area contributed by atoms with E-state index in [-0.39, 0.29) is 5.91 Å². The third-order valence-electron chi connectivity index (χ3n) is 3.33. The number of nitrogens with one attached hydrogen (secondary N) is 1. The minimum Gasteiger partial charge on any atom is -0.478 e. The molecule has 1 aliphatic heterocycles. The highest BCUT2D eigenvalue weighted by atomic mass is 19.1. The zero-order valence-corrected chi connectivity index (χ0v) is 11.1. The maximum atomic E-state index is 13.2. The molecular formula is C14H17FN2O3. The van der Waals surface area contributed by atoms with Gasteiger partial charge in [0.05, 0.1) is 5.56 Å². The highest BCUT2D eigenvalue weighted by Crippen LogP contribution is 2.15. The highest BCUT2D eigenvalue weighted by Gasteiger charge is 2.14. The average molecular weight is 280 g/mol. The minimum atomic E-state index is -1.35. The molecule has 0 radical (unpaired) electrons. The van der Waals surface area contributed by atoms with Gasteiger partial charge in [-0.25, -0.2) is 9.18 Å². The van der Waals surface area contributed by atoms with E-state index < -0.39 is 17.3 Å². The standard InChI is InChI=1S/C14H17FN2O3/c15-12-4-3-10(9-11(12)14(19)20)16-13(18)5-8-17-6-1-2-7-17/h3-4,9H,1-2,5-8H2,(H,16,18)(H,19,20). The van der Waals surface area contributed by atoms with Gasteiger partial charge in [0.25, 0.3) is 0 Å². The number of rotatable bonds is 5. The largest absolute Gasteiger partial charge is 0.478 e. The topological polar surface area (TPSA) is 69.6 Å². The molecule has 0 aliphatic carbocycles. The Morgan fingerprint density at radius 3 is 2.65 bits per heavy atom. The number of benzene rings is 1. The smallest absolute Gasteiger partial charge is 0.338 e. The van der Waals surface area contributed by atoms with E-state index in [0.29, 0.717) is 18.7 Å². The Balaban J connectivity index is 1.90. The molecule has 1 amide bonds. The SMILES string of the molecule is O=C(CCN1CCCC1)Nc1ccc(F)c(C(=O)O)c1. The first kappa shape index (κ1) is 14.5. The lowest BCUT2D eigenvalue weighted by molar-refractivity contribution is -0.116. The molecule has 2 N–H and O–H groups in total. The van der Waals surface area contributed by atoms with Crippen molar-refractivity contribution in [3.63, 3.8) is 0 Å². The van der Waals surface area contributed by atoms with Gasteiger partial charge < -0.3 is 15.3 Å². The van der Waals surface area contributed by atoms with Crippen LogP contribution in [0.5, 0.6) is 0 Å². The summed E-state index contributed by atoms with van der Waals surface area (Å²) in [6.07, 6.45) is 2.68. The van der Waals surface area contributed by atoms with Gasteiger partial charge >= 0.3 is 5.97 Å². The quantitative estimate of drug-likeness (QED) is 0.865. The molecule has 5 nitrogen and oxygen atoms in total. The predicted octanol–water partition coefficient (Wildman–Crippen LogP) is 1.95. The summed E-state index contributed by atoms with van der Waals surface area (Å²) in [5, 5.41) is 11.4. The van der Waals surface area contributed by atoms with E-state index in [1.165, 1.54) is 18.9 Å². The van der Waals surface area contributed by atoms with E-state index in [9.17, 15) is 14.0 Å². The van der Waals surface area contributed by atoms with Gasteiger partial charge in [-0.3, -0.25) is 4.79 Å². The van der Waals surface area contributed by atoms with E-state index in [1.54, 1.807) is 0 Å². The van der Waals surface area contributed by atoms with Crippen LogP contribution in [0.3, 0.4) is 0 Å². The van der Waals surface area contributed by atoms with Crippen LogP contribution in [0.25, 0.3) is 0 Å². The van der Waals surface area contributed by atoms with Crippen LogP contribution in [-0.2, 0) is 4.79 Å². The van der Waals surface area contributed by atoms with Crippen molar-refractivity contribution in [3.05, 3.63) is 29.6 Å². The van der Waals surface area contributed by atoms with E-state index in [4.69, 9.17) is 5.11 Å². The number of carbonyl (C=O) groups excluding carboxylic acids is 1. The number of hydrogen-bond acceptors (Lipinski definition) is 3. The van der Waals surface area contributed by atoms with Crippen molar-refractivity contribution in [2.75, 3.05) is 25.0 Å². The highest BCUT2D eigenvalue weighted by molar-refractivity contribution is 5.94. The van der Waals surface area contributed by atoms with Crippen molar-refractivity contribution in [2.24, 2.45) is 0 Å². The van der Waals surface area contributed by atoms with Gasteiger partial charge in [0.15, 0.2) is 0 Å². The van der Waals surface area contributed by atoms with Gasteiger partial charge in [-0.15, -0.1) is 0 Å². The van der Waals surface area contributed by atoms with Crippen molar-refractivity contribution >= 4 is 17.6 Å². The lowest BCUT2D eigenvalue weighted by Crippen LogP contribution is -2.25. The molecule has 2 rings (SSSR count). The number of halogens is 1. The van der Waals surface area contributed by atoms with Crippen LogP contribution < -0.4 is 5.32 Å². The first-order valence-electron chi connectivity index (χ1n) is 6.61. The minimum absolute atomic E-state index is 0.195. The van der Waals surface area contributed by atoms with Gasteiger partial charge in [0.1, 0.15) is 5.82 Å². The molecule has 20 heavy (non-hydrogen) atoms. The van der Waals surface area contributed by atoms with E-state index in [0.717, 1.165) is 25.2 Å². The third-order valence-corrected chi connectivity index (χ3v) is 3.33. The van der Waals surface area contributed by atoms with Crippen LogP contribution in [0.15, 0.2) is 18.2 Å². The number of carboxylic acids is 1. The normalized spacial score (nSPS) is 15.2. The van der Waals surface area contributed by atoms with Crippen LogP contribution in [0.4, 0.5) is 10.1 Å². The molecule has 1 aromatic carbocycles. The summed E-state index contributed by atoms with van der Waals surface area (Å²) in [5.74, 6) is -2.36. The number of carbonyl (C=O) groups is 2. The molecule has 108 valence electrons. The molecule has 1 aliphatic rings. The summed E-state index contributed by atoms with van der Waals surface area (Å²) in [5.41, 5.74) is -0.141. The number of amides is 1. The van der Waals surface area contributed by atoms with Crippen LogP contribution in [-0.4, -0.2) is 41.5 Å². The molecule has 6 heteroatoms. The van der Waals surface area contributed by atoms with Gasteiger partial charge in [-0.1, -0.05) is 0 Å². The molecule has 0 atom stereocenters. The Morgan fingerprint density at radius 2 is 2.00 bits per heavy atom. The number of aromatic carboxylic acids is 1. The van der Waals surface area contributed by atoms with Crippen LogP contribution in [0.1, 0.15) is 29.6 Å². The second kappa shape index (κ2) is 6.47. The molecule has 1 saturated heterocycles. The van der Waals surface area contributed by atoms with Gasteiger partial charge in [0.2, 0.25) is 5.91 Å². The zero-order valence-electron chi connectivity index (χ0n) is 11.1. The predicted molar refractivity (Wildman–Crippen MR) is 72.3 cm³/mol. The Hall–Kier alpha value is -1.95. The maximum Gasteiger partial charge on any atom is 0.338 e. The second-order valence-electron chi connectivity index (χ2n) is 4.85. The number of nitrogens with zero attached hydrogens (tertiary/aromatic N) is 1. The first-order chi connectivity index (χ1) is 9.56. The number of carboxylic acid groups (broad SMARTS) is 1. The van der Waals surface area contributed by atoms with Gasteiger partial charge in [-0.05, 0) is 44.1 Å². The molecule has 0 saturated carbocycles. The molecule has 1 aromatic rings. The Labute approximate surface area is 116 Å². The summed E-state index contributed by atoms with van der Waals surface area (Å²) in [4.78, 5) is 24.8. The lowest BCUT2D eigenvalue weighted by Gasteiger charge is -2.14. The second-order valence-corrected chi connectivity index (χ2v) is 4.85. The van der Waals surface area contributed by atoms with Gasteiger partial charge in [0, 0.05) is 18.7 Å². The molecule has 0 aromatic heterocycles. The van der Waals surface area contributed by atoms with Crippen LogP contribution in [0, 0.1) is 5.82 Å². The molecule has 1 heterocycles. The van der Waals surface area contributed by atoms with Crippen molar-refractivity contribution in [1.29, 1.82) is 0 Å². The Morgan fingerprint density at radius 1 is 1.30 bits per heavy atom. The van der Waals surface area contributed by atoms with Gasteiger partial charge in [-0.2, -0.15) is 0 Å². The fraction of sp³-hybridized carbons (Fsp3) is 0.429. The number of anilines is 1. The van der Waals surface area contributed by atoms with Crippen molar-refractivity contribution in [1.82, 2.24) is 4.90 Å². The lowest BCUT2D eigenvalue weighted by atomic mass is 10.2. The molecule has 0 unspecified atom stereocenters. The monoisotopic (exact) mass is 280 g/mol. The molecular weight excluding hydrogens is 263 g/mol.